The van der Waals surface area contributed by atoms with Crippen LogP contribution in [-0.2, 0) is 22.4 Å². The Morgan fingerprint density at radius 3 is 0.880 bits per heavy atom. The van der Waals surface area contributed by atoms with E-state index in [1.807, 2.05) is 11.4 Å². The summed E-state index contributed by atoms with van der Waals surface area (Å²) < 4.78 is 19.5. The molecule has 2 aromatic rings. The van der Waals surface area contributed by atoms with E-state index in [4.69, 9.17) is 13.8 Å². The smallest absolute Gasteiger partial charge is 0.360 e. The monoisotopic (exact) mass is 1190 g/mol. The number of unbranched alkanes of at least 4 members (excludes halogenated alkanes) is 52. The van der Waals surface area contributed by atoms with E-state index >= 15 is 0 Å². The van der Waals surface area contributed by atoms with Crippen LogP contribution in [0.15, 0.2) is 48.5 Å². The number of esters is 1. The van der Waals surface area contributed by atoms with E-state index in [0.29, 0.717) is 13.0 Å². The molecule has 0 saturated carbocycles. The van der Waals surface area contributed by atoms with Crippen molar-refractivity contribution in [1.29, 1.82) is 0 Å². The first-order valence-electron chi connectivity index (χ1n) is 37.3. The zero-order valence-corrected chi connectivity index (χ0v) is 57.5. The van der Waals surface area contributed by atoms with E-state index in [1.165, 1.54) is 351 Å². The fourth-order valence-corrected chi connectivity index (χ4v) is 15.0. The first-order chi connectivity index (χ1) is 41.2. The van der Waals surface area contributed by atoms with Gasteiger partial charge >= 0.3 is 13.5 Å². The quantitative estimate of drug-likeness (QED) is 0.0375. The molecule has 0 heterocycles. The lowest BCUT2D eigenvalue weighted by Gasteiger charge is -2.21. The molecule has 0 aliphatic carbocycles. The van der Waals surface area contributed by atoms with Crippen molar-refractivity contribution in [3.63, 3.8) is 0 Å². The third-order valence-electron chi connectivity index (χ3n) is 17.6. The zero-order chi connectivity index (χ0) is 59.1. The van der Waals surface area contributed by atoms with E-state index in [2.05, 4.69) is 69.3 Å². The average Bonchev–Trinajstić information content (AvgIpc) is 3.59. The van der Waals surface area contributed by atoms with Gasteiger partial charge in [-0.25, -0.2) is 0 Å². The minimum atomic E-state index is -1.18. The molecule has 0 spiro atoms. The molecule has 83 heavy (non-hydrogen) atoms. The second-order valence-electron chi connectivity index (χ2n) is 25.7. The zero-order valence-electron chi connectivity index (χ0n) is 55.7. The molecule has 0 N–H and O–H groups in total. The van der Waals surface area contributed by atoms with E-state index in [-0.39, 0.29) is 5.97 Å². The van der Waals surface area contributed by atoms with Crippen molar-refractivity contribution < 1.29 is 18.6 Å². The minimum absolute atomic E-state index is 0.0206. The number of aryl methyl sites for hydroxylation is 2. The summed E-state index contributed by atoms with van der Waals surface area (Å²) in [5.41, 5.74) is 2.68. The molecule has 482 valence electrons. The molecular weight excluding hydrogens is 1050 g/mol. The Hall–Kier alpha value is -1.71. The summed E-state index contributed by atoms with van der Waals surface area (Å²) in [6.45, 7) is 7.53. The van der Waals surface area contributed by atoms with Crippen molar-refractivity contribution in [2.45, 2.75) is 400 Å². The van der Waals surface area contributed by atoms with Crippen LogP contribution in [0.4, 0.5) is 0 Å². The van der Waals surface area contributed by atoms with Crippen molar-refractivity contribution in [1.82, 2.24) is 0 Å². The van der Waals surface area contributed by atoms with Crippen molar-refractivity contribution in [2.24, 2.45) is 0 Å². The van der Waals surface area contributed by atoms with E-state index in [1.54, 1.807) is 0 Å². The van der Waals surface area contributed by atoms with E-state index in [9.17, 15) is 4.79 Å². The first-order valence-corrected chi connectivity index (χ1v) is 40.0. The van der Waals surface area contributed by atoms with Gasteiger partial charge in [-0.3, -0.25) is 4.79 Å². The van der Waals surface area contributed by atoms with E-state index < -0.39 is 7.58 Å². The Morgan fingerprint density at radius 2 is 0.566 bits per heavy atom. The summed E-state index contributed by atoms with van der Waals surface area (Å²) in [5.74, 6) is 3.17. The topological polar surface area (TPSA) is 44.8 Å². The molecule has 0 aromatic heterocycles. The van der Waals surface area contributed by atoms with Gasteiger partial charge < -0.3 is 13.8 Å². The van der Waals surface area contributed by atoms with Crippen molar-refractivity contribution >= 4 is 24.9 Å². The Kier molecular flexibility index (Phi) is 59.0. The predicted octanol–water partition coefficient (Wildman–Crippen LogP) is 28.0. The van der Waals surface area contributed by atoms with Crippen LogP contribution in [0.3, 0.4) is 0 Å². The molecule has 4 nitrogen and oxygen atoms in total. The molecule has 2 rings (SSSR count). The highest BCUT2D eigenvalue weighted by atomic mass is 32.7. The van der Waals surface area contributed by atoms with Crippen LogP contribution in [0.25, 0.3) is 0 Å². The lowest BCUT2D eigenvalue weighted by Crippen LogP contribution is -2.05. The molecule has 0 atom stereocenters. The Labute approximate surface area is 523 Å². The number of carbonyl (C=O) groups is 1. The maximum atomic E-state index is 12.2. The number of carbonyl (C=O) groups excluding carboxylic acids is 1. The highest BCUT2D eigenvalue weighted by Gasteiger charge is 2.20. The molecule has 0 unspecified atom stereocenters. The van der Waals surface area contributed by atoms with Crippen LogP contribution >= 0.6 is 19.0 Å². The van der Waals surface area contributed by atoms with Crippen LogP contribution in [0, 0.1) is 0 Å². The van der Waals surface area contributed by atoms with Crippen molar-refractivity contribution in [2.75, 3.05) is 12.4 Å². The number of hydrogen-bond donors (Lipinski definition) is 0. The van der Waals surface area contributed by atoms with Gasteiger partial charge in [-0.2, -0.15) is 0 Å². The van der Waals surface area contributed by atoms with E-state index in [0.717, 1.165) is 49.4 Å². The number of para-hydroxylation sites is 2. The SMILES string of the molecule is CCCCCCCCCCCCCCCCOC(=O)CCCCCCCCCCCCCCCCSP(Oc1ccccc1CCCCCCCCCCCCCCCC)Oc1ccccc1CCCCCCCCCCCCCCCC. The van der Waals surface area contributed by atoms with Gasteiger partial charge in [0, 0.05) is 12.2 Å². The normalized spacial score (nSPS) is 11.6. The maximum absolute atomic E-state index is 12.2. The van der Waals surface area contributed by atoms with Crippen LogP contribution in [-0.4, -0.2) is 18.3 Å². The van der Waals surface area contributed by atoms with Crippen LogP contribution in [0.5, 0.6) is 11.5 Å². The second kappa shape index (κ2) is 63.3. The highest BCUT2D eigenvalue weighted by molar-refractivity contribution is 8.53. The summed E-state index contributed by atoms with van der Waals surface area (Å²) >= 11 is 1.92. The number of benzene rings is 2. The summed E-state index contributed by atoms with van der Waals surface area (Å²) in [6, 6.07) is 17.7. The molecule has 0 saturated heterocycles. The van der Waals surface area contributed by atoms with Gasteiger partial charge in [0.25, 0.3) is 0 Å². The molecule has 0 amide bonds. The largest absolute Gasteiger partial charge is 0.466 e. The average molecular weight is 1190 g/mol. The molecule has 0 radical (unpaired) electrons. The van der Waals surface area contributed by atoms with Crippen molar-refractivity contribution in [3.8, 4) is 11.5 Å². The summed E-state index contributed by atoms with van der Waals surface area (Å²) in [6.07, 6.45) is 78.8. The fourth-order valence-electron chi connectivity index (χ4n) is 12.0. The molecule has 6 heteroatoms. The third-order valence-corrected chi connectivity index (χ3v) is 20.6. The minimum Gasteiger partial charge on any atom is -0.466 e. The van der Waals surface area contributed by atoms with Gasteiger partial charge in [0.1, 0.15) is 11.5 Å². The Balaban J connectivity index is 1.62. The number of ether oxygens (including phenoxy) is 1. The van der Waals surface area contributed by atoms with Gasteiger partial charge in [0.15, 0.2) is 0 Å². The molecule has 2 aromatic carbocycles. The summed E-state index contributed by atoms with van der Waals surface area (Å²) in [7, 11) is -1.18. The van der Waals surface area contributed by atoms with Gasteiger partial charge in [0.05, 0.1) is 6.61 Å². The first kappa shape index (κ1) is 77.4. The molecule has 0 bridgehead atoms. The lowest BCUT2D eigenvalue weighted by atomic mass is 10.0. The predicted molar refractivity (Wildman–Crippen MR) is 372 cm³/mol. The van der Waals surface area contributed by atoms with Crippen LogP contribution in [0.1, 0.15) is 398 Å². The molecular formula is C77H139O4PS. The standard InChI is InChI=1S/C77H139O4PS/c1-4-7-10-13-16-19-22-25-30-35-40-45-50-55-64-73-66-58-60-68-75(73)80-82(81-76-69-61-59-67-74(76)65-56-51-46-41-36-31-26-23-20-17-14-11-8-5-2)83-72-63-54-49-44-39-34-29-28-32-37-42-47-52-57-70-77(78)79-71-62-53-48-43-38-33-27-24-21-18-15-12-9-6-3/h58-61,66-69H,4-57,62-65,70-72H2,1-3H3. The fraction of sp³-hybridized carbons (Fsp3) is 0.831. The van der Waals surface area contributed by atoms with Crippen LogP contribution in [0.2, 0.25) is 0 Å². The van der Waals surface area contributed by atoms with Gasteiger partial charge in [-0.05, 0) is 79.6 Å². The van der Waals surface area contributed by atoms with Crippen molar-refractivity contribution in [3.05, 3.63) is 59.7 Å². The van der Waals surface area contributed by atoms with Gasteiger partial charge in [-0.1, -0.05) is 385 Å². The number of hydrogen-bond acceptors (Lipinski definition) is 5. The lowest BCUT2D eigenvalue weighted by molar-refractivity contribution is -0.143. The molecule has 0 aliphatic rings. The third kappa shape index (κ3) is 52.0. The van der Waals surface area contributed by atoms with Gasteiger partial charge in [0.2, 0.25) is 0 Å². The summed E-state index contributed by atoms with van der Waals surface area (Å²) in [4.78, 5) is 12.2. The Bertz CT molecular complexity index is 1540. The molecule has 0 aliphatic heterocycles. The second-order valence-corrected chi connectivity index (χ2v) is 28.8. The van der Waals surface area contributed by atoms with Crippen LogP contribution < -0.4 is 9.05 Å². The number of rotatable bonds is 67. The summed E-state index contributed by atoms with van der Waals surface area (Å²) in [5, 5.41) is 0. The molecule has 0 fully saturated rings. The Morgan fingerprint density at radius 1 is 0.313 bits per heavy atom. The maximum Gasteiger partial charge on any atom is 0.360 e. The highest BCUT2D eigenvalue weighted by Crippen LogP contribution is 2.53. The van der Waals surface area contributed by atoms with Gasteiger partial charge in [-0.15, -0.1) is 0 Å².